The van der Waals surface area contributed by atoms with Gasteiger partial charge in [0.2, 0.25) is 0 Å². The Bertz CT molecular complexity index is 1020. The Balaban J connectivity index is 0.00000363. The molecule has 0 bridgehead atoms. The highest BCUT2D eigenvalue weighted by molar-refractivity contribution is 14.0. The van der Waals surface area contributed by atoms with E-state index in [0.29, 0.717) is 18.1 Å². The number of halogens is 4. The van der Waals surface area contributed by atoms with Gasteiger partial charge in [0, 0.05) is 19.2 Å². The predicted octanol–water partition coefficient (Wildman–Crippen LogP) is 4.81. The smallest absolute Gasteiger partial charge is 0.422 e. The Morgan fingerprint density at radius 2 is 1.81 bits per heavy atom. The maximum absolute atomic E-state index is 12.5. The highest BCUT2D eigenvalue weighted by atomic mass is 127. The van der Waals surface area contributed by atoms with Crippen molar-refractivity contribution >= 4 is 29.9 Å². The normalized spacial score (nSPS) is 11.6. The number of hydrogen-bond donors (Lipinski definition) is 3. The second-order valence-electron chi connectivity index (χ2n) is 6.90. The number of imidazole rings is 1. The third kappa shape index (κ3) is 7.74. The number of aryl methyl sites for hydroxylation is 1. The number of alkyl halides is 3. The third-order valence-electron chi connectivity index (χ3n) is 4.42. The van der Waals surface area contributed by atoms with Crippen LogP contribution >= 0.6 is 24.0 Å². The van der Waals surface area contributed by atoms with Crippen LogP contribution in [0.5, 0.6) is 5.75 Å². The van der Waals surface area contributed by atoms with Gasteiger partial charge in [-0.3, -0.25) is 4.99 Å². The van der Waals surface area contributed by atoms with E-state index in [-0.39, 0.29) is 36.3 Å². The molecule has 6 nitrogen and oxygen atoms in total. The molecule has 10 heteroatoms. The summed E-state index contributed by atoms with van der Waals surface area (Å²) in [5.74, 6) is 1.41. The molecule has 0 aliphatic heterocycles. The lowest BCUT2D eigenvalue weighted by molar-refractivity contribution is -0.153. The van der Waals surface area contributed by atoms with Crippen LogP contribution in [0.3, 0.4) is 0 Å². The number of benzene rings is 2. The third-order valence-corrected chi connectivity index (χ3v) is 4.42. The standard InChI is InChI=1S/C22H24F3N5O.HI/c1-15-8-9-17(19(10-15)31-14-22(23,24)25)11-28-21(26-2)29-13-20-27-12-18(30-20)16-6-4-3-5-7-16;/h3-10,12H,11,13-14H2,1-2H3,(H,27,30)(H2,26,28,29);1H. The molecule has 0 amide bonds. The van der Waals surface area contributed by atoms with Crippen molar-refractivity contribution in [2.45, 2.75) is 26.2 Å². The molecule has 0 saturated carbocycles. The highest BCUT2D eigenvalue weighted by Crippen LogP contribution is 2.23. The van der Waals surface area contributed by atoms with Crippen LogP contribution in [0.15, 0.2) is 59.7 Å². The van der Waals surface area contributed by atoms with E-state index in [1.165, 1.54) is 0 Å². The largest absolute Gasteiger partial charge is 0.484 e. The summed E-state index contributed by atoms with van der Waals surface area (Å²) in [7, 11) is 1.61. The number of aromatic amines is 1. The van der Waals surface area contributed by atoms with E-state index in [1.54, 1.807) is 32.3 Å². The number of rotatable bonds is 7. The molecule has 0 spiro atoms. The van der Waals surface area contributed by atoms with Crippen LogP contribution in [0.2, 0.25) is 0 Å². The zero-order valence-corrected chi connectivity index (χ0v) is 20.0. The number of nitrogens with one attached hydrogen (secondary N) is 3. The summed E-state index contributed by atoms with van der Waals surface area (Å²) >= 11 is 0. The fraction of sp³-hybridized carbons (Fsp3) is 0.273. The molecule has 0 unspecified atom stereocenters. The van der Waals surface area contributed by atoms with E-state index in [4.69, 9.17) is 4.74 Å². The molecule has 0 aliphatic rings. The van der Waals surface area contributed by atoms with Crippen molar-refractivity contribution in [2.24, 2.45) is 4.99 Å². The molecule has 2 aromatic carbocycles. The SMILES string of the molecule is CN=C(NCc1ncc(-c2ccccc2)[nH]1)NCc1ccc(C)cc1OCC(F)(F)F.I. The maximum Gasteiger partial charge on any atom is 0.422 e. The van der Waals surface area contributed by atoms with Crippen molar-refractivity contribution in [3.63, 3.8) is 0 Å². The minimum Gasteiger partial charge on any atom is -0.484 e. The summed E-state index contributed by atoms with van der Waals surface area (Å²) in [5.41, 5.74) is 3.36. The second-order valence-corrected chi connectivity index (χ2v) is 6.90. The minimum atomic E-state index is -4.40. The summed E-state index contributed by atoms with van der Waals surface area (Å²) in [5, 5.41) is 6.22. The van der Waals surface area contributed by atoms with Crippen LogP contribution in [0.4, 0.5) is 13.2 Å². The molecule has 1 heterocycles. The summed E-state index contributed by atoms with van der Waals surface area (Å²) in [4.78, 5) is 11.8. The van der Waals surface area contributed by atoms with Gasteiger partial charge in [0.05, 0.1) is 18.4 Å². The van der Waals surface area contributed by atoms with Crippen LogP contribution in [0, 0.1) is 6.92 Å². The second kappa shape index (κ2) is 11.7. The topological polar surface area (TPSA) is 74.3 Å². The molecule has 0 atom stereocenters. The van der Waals surface area contributed by atoms with Crippen molar-refractivity contribution in [3.05, 3.63) is 71.7 Å². The minimum absolute atomic E-state index is 0. The number of aliphatic imine (C=N–C) groups is 1. The van der Waals surface area contributed by atoms with Crippen LogP contribution in [0.1, 0.15) is 17.0 Å². The molecule has 1 aromatic heterocycles. The molecule has 0 aliphatic carbocycles. The molecule has 3 rings (SSSR count). The molecule has 172 valence electrons. The summed E-state index contributed by atoms with van der Waals surface area (Å²) < 4.78 is 42.6. The Morgan fingerprint density at radius 3 is 2.50 bits per heavy atom. The summed E-state index contributed by atoms with van der Waals surface area (Å²) in [6, 6.07) is 15.0. The zero-order valence-electron chi connectivity index (χ0n) is 17.7. The van der Waals surface area contributed by atoms with Crippen LogP contribution < -0.4 is 15.4 Å². The van der Waals surface area contributed by atoms with Crippen molar-refractivity contribution in [3.8, 4) is 17.0 Å². The number of H-pyrrole nitrogens is 1. The van der Waals surface area contributed by atoms with Crippen molar-refractivity contribution in [1.82, 2.24) is 20.6 Å². The van der Waals surface area contributed by atoms with Gasteiger partial charge in [-0.25, -0.2) is 4.98 Å². The Hall–Kier alpha value is -2.76. The van der Waals surface area contributed by atoms with Gasteiger partial charge < -0.3 is 20.4 Å². The van der Waals surface area contributed by atoms with E-state index >= 15 is 0 Å². The van der Waals surface area contributed by atoms with Crippen LogP contribution in [-0.2, 0) is 13.1 Å². The molecule has 0 radical (unpaired) electrons. The predicted molar refractivity (Wildman–Crippen MR) is 129 cm³/mol. The molecule has 32 heavy (non-hydrogen) atoms. The average molecular weight is 559 g/mol. The molecule has 3 N–H and O–H groups in total. The van der Waals surface area contributed by atoms with Gasteiger partial charge in [-0.05, 0) is 24.1 Å². The van der Waals surface area contributed by atoms with Gasteiger partial charge in [0.1, 0.15) is 11.6 Å². The monoisotopic (exact) mass is 559 g/mol. The molecular weight excluding hydrogens is 534 g/mol. The van der Waals surface area contributed by atoms with Gasteiger partial charge in [0.15, 0.2) is 12.6 Å². The fourth-order valence-corrected chi connectivity index (χ4v) is 2.89. The lowest BCUT2D eigenvalue weighted by Crippen LogP contribution is -2.36. The Kier molecular flexibility index (Phi) is 9.36. The number of hydrogen-bond acceptors (Lipinski definition) is 3. The van der Waals surface area contributed by atoms with E-state index < -0.39 is 12.8 Å². The number of nitrogens with zero attached hydrogens (tertiary/aromatic N) is 2. The zero-order chi connectivity index (χ0) is 22.3. The maximum atomic E-state index is 12.5. The van der Waals surface area contributed by atoms with E-state index in [9.17, 15) is 13.2 Å². The number of ether oxygens (including phenoxy) is 1. The summed E-state index contributed by atoms with van der Waals surface area (Å²) in [6.07, 6.45) is -2.63. The van der Waals surface area contributed by atoms with Crippen LogP contribution in [-0.4, -0.2) is 35.8 Å². The highest BCUT2D eigenvalue weighted by Gasteiger charge is 2.28. The molecule has 0 saturated heterocycles. The van der Waals surface area contributed by atoms with Gasteiger partial charge in [0.25, 0.3) is 0 Å². The lowest BCUT2D eigenvalue weighted by atomic mass is 10.1. The van der Waals surface area contributed by atoms with Crippen LogP contribution in [0.25, 0.3) is 11.3 Å². The van der Waals surface area contributed by atoms with Gasteiger partial charge in [-0.2, -0.15) is 13.2 Å². The van der Waals surface area contributed by atoms with Gasteiger partial charge in [-0.15, -0.1) is 24.0 Å². The first kappa shape index (κ1) is 25.5. The Morgan fingerprint density at radius 1 is 1.09 bits per heavy atom. The fourth-order valence-electron chi connectivity index (χ4n) is 2.89. The first-order chi connectivity index (χ1) is 14.8. The van der Waals surface area contributed by atoms with Crippen molar-refractivity contribution in [2.75, 3.05) is 13.7 Å². The number of aromatic nitrogens is 2. The lowest BCUT2D eigenvalue weighted by Gasteiger charge is -2.16. The number of guanidine groups is 1. The van der Waals surface area contributed by atoms with Crippen molar-refractivity contribution in [1.29, 1.82) is 0 Å². The average Bonchev–Trinajstić information content (AvgIpc) is 3.22. The quantitative estimate of drug-likeness (QED) is 0.221. The van der Waals surface area contributed by atoms with E-state index in [2.05, 4.69) is 25.6 Å². The van der Waals surface area contributed by atoms with Gasteiger partial charge >= 0.3 is 6.18 Å². The van der Waals surface area contributed by atoms with E-state index in [1.807, 2.05) is 36.4 Å². The molecular formula is C22H25F3IN5O. The van der Waals surface area contributed by atoms with Gasteiger partial charge in [-0.1, -0.05) is 42.5 Å². The van der Waals surface area contributed by atoms with Crippen molar-refractivity contribution < 1.29 is 17.9 Å². The summed E-state index contributed by atoms with van der Waals surface area (Å²) in [6.45, 7) is 1.11. The first-order valence-corrected chi connectivity index (χ1v) is 9.67. The molecule has 3 aromatic rings. The Labute approximate surface area is 201 Å². The first-order valence-electron chi connectivity index (χ1n) is 9.67. The molecule has 0 fully saturated rings. The van der Waals surface area contributed by atoms with E-state index in [0.717, 1.165) is 22.6 Å².